The van der Waals surface area contributed by atoms with Gasteiger partial charge in [-0.05, 0) is 56.2 Å². The summed E-state index contributed by atoms with van der Waals surface area (Å²) in [5.74, 6) is 1.50. The first-order chi connectivity index (χ1) is 16.9. The molecule has 10 heteroatoms. The van der Waals surface area contributed by atoms with Crippen LogP contribution < -0.4 is 20.1 Å². The van der Waals surface area contributed by atoms with Crippen LogP contribution >= 0.6 is 23.2 Å². The first-order valence-corrected chi connectivity index (χ1v) is 12.3. The van der Waals surface area contributed by atoms with Crippen LogP contribution in [0, 0.1) is 0 Å². The smallest absolute Gasteiger partial charge is 0.328 e. The van der Waals surface area contributed by atoms with Crippen molar-refractivity contribution in [1.29, 1.82) is 0 Å². The van der Waals surface area contributed by atoms with Gasteiger partial charge < -0.3 is 20.1 Å². The normalized spacial score (nSPS) is 14.2. The quantitative estimate of drug-likeness (QED) is 0.243. The van der Waals surface area contributed by atoms with Crippen LogP contribution in [0.1, 0.15) is 55.8 Å². The zero-order valence-corrected chi connectivity index (χ0v) is 21.1. The monoisotopic (exact) mass is 515 g/mol. The zero-order valence-electron chi connectivity index (χ0n) is 19.6. The predicted molar refractivity (Wildman–Crippen MR) is 138 cm³/mol. The number of methoxy groups -OCH3 is 1. The molecule has 2 N–H and O–H groups in total. The van der Waals surface area contributed by atoms with Crippen molar-refractivity contribution in [2.24, 2.45) is 0 Å². The second-order valence-corrected chi connectivity index (χ2v) is 9.19. The maximum atomic E-state index is 11.6. The van der Waals surface area contributed by atoms with Crippen molar-refractivity contribution >= 4 is 46.6 Å². The Morgan fingerprint density at radius 2 is 1.60 bits per heavy atom. The van der Waals surface area contributed by atoms with Gasteiger partial charge in [0.05, 0.1) is 17.2 Å². The fourth-order valence-electron chi connectivity index (χ4n) is 3.90. The molecule has 0 spiro atoms. The second kappa shape index (κ2) is 11.6. The van der Waals surface area contributed by atoms with Gasteiger partial charge in [0.2, 0.25) is 11.9 Å². The van der Waals surface area contributed by atoms with Gasteiger partial charge in [-0.2, -0.15) is 15.0 Å². The Labute approximate surface area is 214 Å². The van der Waals surface area contributed by atoms with Crippen LogP contribution in [0.2, 0.25) is 10.0 Å². The van der Waals surface area contributed by atoms with E-state index in [4.69, 9.17) is 32.7 Å². The number of carbonyl (C=O) groups is 1. The molecule has 1 heterocycles. The molecular weight excluding hydrogens is 489 g/mol. The van der Waals surface area contributed by atoms with Crippen molar-refractivity contribution in [3.05, 3.63) is 52.0 Å². The van der Waals surface area contributed by atoms with Gasteiger partial charge in [-0.25, -0.2) is 0 Å². The highest BCUT2D eigenvalue weighted by Crippen LogP contribution is 2.31. The fraction of sp³-hybridized carbons (Fsp3) is 0.360. The van der Waals surface area contributed by atoms with E-state index >= 15 is 0 Å². The van der Waals surface area contributed by atoms with E-state index in [1.807, 2.05) is 6.07 Å². The summed E-state index contributed by atoms with van der Waals surface area (Å²) in [5.41, 5.74) is 1.17. The molecule has 1 aliphatic carbocycles. The van der Waals surface area contributed by atoms with E-state index in [9.17, 15) is 4.79 Å². The molecule has 4 rings (SSSR count). The summed E-state index contributed by atoms with van der Waals surface area (Å²) in [7, 11) is 1.56. The number of ketones is 1. The minimum atomic E-state index is -0.0851. The van der Waals surface area contributed by atoms with Gasteiger partial charge in [0, 0.05) is 17.3 Å². The summed E-state index contributed by atoms with van der Waals surface area (Å²) in [6.45, 7) is 1.48. The van der Waals surface area contributed by atoms with Gasteiger partial charge in [0.15, 0.2) is 5.78 Å². The summed E-state index contributed by atoms with van der Waals surface area (Å²) >= 11 is 12.6. The van der Waals surface area contributed by atoms with Crippen LogP contribution in [0.5, 0.6) is 17.5 Å². The molecule has 0 amide bonds. The van der Waals surface area contributed by atoms with Gasteiger partial charge in [-0.15, -0.1) is 0 Å². The molecule has 0 radical (unpaired) electrons. The lowest BCUT2D eigenvalue weighted by Gasteiger charge is -2.17. The zero-order chi connectivity index (χ0) is 24.8. The second-order valence-electron chi connectivity index (χ2n) is 8.38. The third-order valence-electron chi connectivity index (χ3n) is 5.75. The van der Waals surface area contributed by atoms with E-state index in [0.717, 1.165) is 12.8 Å². The molecule has 1 saturated carbocycles. The van der Waals surface area contributed by atoms with Crippen LogP contribution in [0.25, 0.3) is 0 Å². The Morgan fingerprint density at radius 3 is 2.26 bits per heavy atom. The standard InChI is InChI=1S/C25H27Cl2N5O3/c1-15(33)16-9-11-22(19(26)13-16)35-25-31-23(28-17-7-5-3-4-6-8-17)30-24(32-25)29-18-10-12-21(34-2)20(27)14-18/h9-14,17H,3-8H2,1-2H3,(H2,28,29,30,31,32). The van der Waals surface area contributed by atoms with Crippen LogP contribution in [-0.4, -0.2) is 33.9 Å². The summed E-state index contributed by atoms with van der Waals surface area (Å²) in [4.78, 5) is 25.1. The lowest BCUT2D eigenvalue weighted by molar-refractivity contribution is 0.101. The van der Waals surface area contributed by atoms with Crippen LogP contribution in [0.4, 0.5) is 17.6 Å². The maximum absolute atomic E-state index is 11.6. The molecule has 1 aliphatic rings. The number of hydrogen-bond donors (Lipinski definition) is 2. The van der Waals surface area contributed by atoms with Crippen molar-refractivity contribution in [2.45, 2.75) is 51.5 Å². The fourth-order valence-corrected chi connectivity index (χ4v) is 4.38. The number of anilines is 3. The van der Waals surface area contributed by atoms with Crippen molar-refractivity contribution < 1.29 is 14.3 Å². The van der Waals surface area contributed by atoms with Gasteiger partial charge in [-0.1, -0.05) is 48.9 Å². The van der Waals surface area contributed by atoms with E-state index in [-0.39, 0.29) is 28.8 Å². The third kappa shape index (κ3) is 6.74. The first-order valence-electron chi connectivity index (χ1n) is 11.5. The Kier molecular flexibility index (Phi) is 8.25. The molecule has 3 aromatic rings. The highest BCUT2D eigenvalue weighted by atomic mass is 35.5. The minimum absolute atomic E-state index is 0.0655. The maximum Gasteiger partial charge on any atom is 0.328 e. The van der Waals surface area contributed by atoms with Crippen molar-refractivity contribution in [3.8, 4) is 17.5 Å². The number of benzene rings is 2. The van der Waals surface area contributed by atoms with Gasteiger partial charge in [0.25, 0.3) is 0 Å². The minimum Gasteiger partial charge on any atom is -0.495 e. The number of hydrogen-bond acceptors (Lipinski definition) is 8. The Balaban J connectivity index is 1.62. The molecule has 0 saturated heterocycles. The summed E-state index contributed by atoms with van der Waals surface area (Å²) in [6.07, 6.45) is 6.92. The number of nitrogens with zero attached hydrogens (tertiary/aromatic N) is 3. The number of halogens is 2. The molecule has 0 aliphatic heterocycles. The predicted octanol–water partition coefficient (Wildman–Crippen LogP) is 7.06. The molecule has 2 aromatic carbocycles. The average molecular weight is 516 g/mol. The van der Waals surface area contributed by atoms with Crippen LogP contribution in [0.3, 0.4) is 0 Å². The number of aromatic nitrogens is 3. The van der Waals surface area contributed by atoms with Gasteiger partial charge in [-0.3, -0.25) is 4.79 Å². The highest BCUT2D eigenvalue weighted by molar-refractivity contribution is 6.32. The van der Waals surface area contributed by atoms with Crippen molar-refractivity contribution in [2.75, 3.05) is 17.7 Å². The van der Waals surface area contributed by atoms with Crippen LogP contribution in [0.15, 0.2) is 36.4 Å². The average Bonchev–Trinajstić information content (AvgIpc) is 3.09. The summed E-state index contributed by atoms with van der Waals surface area (Å²) < 4.78 is 11.1. The van der Waals surface area contributed by atoms with E-state index < -0.39 is 0 Å². The van der Waals surface area contributed by atoms with E-state index in [1.165, 1.54) is 32.6 Å². The number of ether oxygens (including phenoxy) is 2. The molecular formula is C25H27Cl2N5O3. The Hall–Kier alpha value is -3.10. The molecule has 0 unspecified atom stereocenters. The topological polar surface area (TPSA) is 98.3 Å². The molecule has 35 heavy (non-hydrogen) atoms. The van der Waals surface area contributed by atoms with Crippen molar-refractivity contribution in [1.82, 2.24) is 15.0 Å². The molecule has 1 fully saturated rings. The number of rotatable bonds is 8. The van der Waals surface area contributed by atoms with Gasteiger partial charge in [0.1, 0.15) is 11.5 Å². The Bertz CT molecular complexity index is 1200. The lowest BCUT2D eigenvalue weighted by atomic mass is 10.1. The number of carbonyl (C=O) groups excluding carboxylic acids is 1. The Morgan fingerprint density at radius 1 is 0.914 bits per heavy atom. The van der Waals surface area contributed by atoms with Gasteiger partial charge >= 0.3 is 6.01 Å². The number of nitrogens with one attached hydrogen (secondary N) is 2. The van der Waals surface area contributed by atoms with Crippen molar-refractivity contribution in [3.63, 3.8) is 0 Å². The highest BCUT2D eigenvalue weighted by Gasteiger charge is 2.17. The largest absolute Gasteiger partial charge is 0.495 e. The number of Topliss-reactive ketones (excluding diaryl/α,β-unsaturated/α-hetero) is 1. The molecule has 8 nitrogen and oxygen atoms in total. The SMILES string of the molecule is COc1ccc(Nc2nc(NC3CCCCCC3)nc(Oc3ccc(C(C)=O)cc3Cl)n2)cc1Cl. The summed E-state index contributed by atoms with van der Waals surface area (Å²) in [6, 6.07) is 10.5. The first kappa shape index (κ1) is 25.0. The third-order valence-corrected chi connectivity index (χ3v) is 6.34. The molecule has 1 aromatic heterocycles. The van der Waals surface area contributed by atoms with E-state index in [0.29, 0.717) is 33.7 Å². The molecule has 0 atom stereocenters. The van der Waals surface area contributed by atoms with E-state index in [1.54, 1.807) is 37.4 Å². The van der Waals surface area contributed by atoms with Crippen LogP contribution in [-0.2, 0) is 0 Å². The summed E-state index contributed by atoms with van der Waals surface area (Å²) in [5, 5.41) is 7.33. The molecule has 0 bridgehead atoms. The van der Waals surface area contributed by atoms with E-state index in [2.05, 4.69) is 25.6 Å². The molecule has 184 valence electrons. The lowest BCUT2D eigenvalue weighted by Crippen LogP contribution is -2.20.